The smallest absolute Gasteiger partial charge is 0.413 e. The molecule has 0 bridgehead atoms. The molecule has 2 aromatic carbocycles. The van der Waals surface area contributed by atoms with Crippen LogP contribution in [0.5, 0.6) is 0 Å². The Morgan fingerprint density at radius 2 is 1.85 bits per heavy atom. The molecule has 34 heavy (non-hydrogen) atoms. The van der Waals surface area contributed by atoms with Crippen LogP contribution in [0, 0.1) is 11.7 Å². The Labute approximate surface area is 198 Å². The average molecular weight is 495 g/mol. The van der Waals surface area contributed by atoms with Gasteiger partial charge in [0.15, 0.2) is 0 Å². The van der Waals surface area contributed by atoms with E-state index in [1.807, 2.05) is 12.3 Å². The summed E-state index contributed by atoms with van der Waals surface area (Å²) in [5.74, 6) is -2.88. The van der Waals surface area contributed by atoms with Crippen LogP contribution in [0.4, 0.5) is 23.2 Å². The number of hydrogen-bond acceptors (Lipinski definition) is 6. The first-order chi connectivity index (χ1) is 16.3. The maximum Gasteiger partial charge on any atom is 0.470 e. The first-order valence-corrected chi connectivity index (χ1v) is 11.8. The van der Waals surface area contributed by atoms with Gasteiger partial charge in [0, 0.05) is 35.8 Å². The molecule has 1 saturated heterocycles. The van der Waals surface area contributed by atoms with Crippen LogP contribution >= 0.6 is 11.9 Å². The number of carbonyl (C=O) groups is 1. The highest BCUT2D eigenvalue weighted by Crippen LogP contribution is 2.32. The van der Waals surface area contributed by atoms with Gasteiger partial charge in [0.05, 0.1) is 6.54 Å². The van der Waals surface area contributed by atoms with Gasteiger partial charge in [-0.1, -0.05) is 36.2 Å². The Balaban J connectivity index is 1.57. The van der Waals surface area contributed by atoms with E-state index in [-0.39, 0.29) is 29.5 Å². The normalized spacial score (nSPS) is 15.4. The van der Waals surface area contributed by atoms with Gasteiger partial charge in [0.25, 0.3) is 0 Å². The number of carbonyl (C=O) groups excluding carboxylic acids is 1. The third kappa shape index (κ3) is 5.41. The highest BCUT2D eigenvalue weighted by atomic mass is 32.2. The van der Waals surface area contributed by atoms with Crippen molar-refractivity contribution in [2.45, 2.75) is 25.6 Å². The molecular weight excluding hydrogens is 472 g/mol. The van der Waals surface area contributed by atoms with E-state index in [9.17, 15) is 22.4 Å². The molecule has 1 aliphatic rings. The number of hydrogen-bond donors (Lipinski definition) is 0. The molecule has 1 fully saturated rings. The molecule has 4 rings (SSSR count). The summed E-state index contributed by atoms with van der Waals surface area (Å²) in [5.41, 5.74) is 0.888. The second kappa shape index (κ2) is 10.1. The predicted molar refractivity (Wildman–Crippen MR) is 120 cm³/mol. The van der Waals surface area contributed by atoms with Crippen molar-refractivity contribution in [2.24, 2.45) is 5.92 Å². The van der Waals surface area contributed by atoms with Crippen molar-refractivity contribution in [3.05, 3.63) is 65.8 Å². The largest absolute Gasteiger partial charge is 0.470 e. The summed E-state index contributed by atoms with van der Waals surface area (Å²) in [4.78, 5) is 15.0. The van der Waals surface area contributed by atoms with E-state index in [2.05, 4.69) is 18.9 Å². The number of para-hydroxylation sites is 1. The van der Waals surface area contributed by atoms with E-state index in [0.29, 0.717) is 18.5 Å². The van der Waals surface area contributed by atoms with Crippen molar-refractivity contribution < 1.29 is 26.8 Å². The van der Waals surface area contributed by atoms with E-state index >= 15 is 0 Å². The van der Waals surface area contributed by atoms with Crippen LogP contribution in [-0.4, -0.2) is 39.8 Å². The van der Waals surface area contributed by atoms with Gasteiger partial charge in [-0.05, 0) is 43.4 Å². The number of aromatic nitrogens is 2. The molecule has 0 unspecified atom stereocenters. The fourth-order valence-corrected chi connectivity index (χ4v) is 4.42. The summed E-state index contributed by atoms with van der Waals surface area (Å²) >= 11 is 1.65. The van der Waals surface area contributed by atoms with Crippen molar-refractivity contribution >= 4 is 23.5 Å². The Morgan fingerprint density at radius 1 is 1.15 bits per heavy atom. The lowest BCUT2D eigenvalue weighted by molar-refractivity contribution is -0.156. The van der Waals surface area contributed by atoms with E-state index in [4.69, 9.17) is 0 Å². The number of alkyl halides is 3. The quantitative estimate of drug-likeness (QED) is 0.337. The molecule has 11 heteroatoms. The second-order valence-electron chi connectivity index (χ2n) is 7.86. The Bertz CT molecular complexity index is 1130. The van der Waals surface area contributed by atoms with E-state index in [0.717, 1.165) is 19.2 Å². The van der Waals surface area contributed by atoms with Crippen molar-refractivity contribution in [1.29, 1.82) is 0 Å². The van der Waals surface area contributed by atoms with Gasteiger partial charge >= 0.3 is 12.1 Å². The Hall–Kier alpha value is -2.92. The maximum atomic E-state index is 15.0. The van der Waals surface area contributed by atoms with Gasteiger partial charge in [0.2, 0.25) is 11.8 Å². The molecule has 0 spiro atoms. The third-order valence-corrected chi connectivity index (χ3v) is 6.57. The number of piperidine rings is 1. The summed E-state index contributed by atoms with van der Waals surface area (Å²) < 4.78 is 60.0. The van der Waals surface area contributed by atoms with Crippen molar-refractivity contribution in [2.75, 3.05) is 24.2 Å². The van der Waals surface area contributed by atoms with Crippen LogP contribution in [0.3, 0.4) is 0 Å². The third-order valence-electron chi connectivity index (χ3n) is 5.69. The molecule has 3 aromatic rings. The fraction of sp³-hybridized carbons (Fsp3) is 0.348. The van der Waals surface area contributed by atoms with E-state index in [1.165, 1.54) is 12.1 Å². The van der Waals surface area contributed by atoms with Crippen LogP contribution in [0.15, 0.2) is 52.9 Å². The lowest BCUT2D eigenvalue weighted by atomic mass is 9.96. The fourth-order valence-electron chi connectivity index (χ4n) is 3.84. The topological polar surface area (TPSA) is 62.5 Å². The zero-order valence-corrected chi connectivity index (χ0v) is 19.1. The number of benzene rings is 2. The molecule has 180 valence electrons. The molecule has 1 amide bonds. The van der Waals surface area contributed by atoms with Crippen LogP contribution in [0.2, 0.25) is 0 Å². The molecule has 0 aliphatic carbocycles. The lowest BCUT2D eigenvalue weighted by Gasteiger charge is -2.33. The average Bonchev–Trinajstić information content (AvgIpc) is 3.35. The Kier molecular flexibility index (Phi) is 7.22. The molecular formula is C23H22F4N4O2S. The molecule has 0 saturated carbocycles. The van der Waals surface area contributed by atoms with Crippen molar-refractivity contribution in [3.63, 3.8) is 0 Å². The van der Waals surface area contributed by atoms with E-state index < -0.39 is 23.8 Å². The predicted octanol–water partition coefficient (Wildman–Crippen LogP) is 5.42. The molecule has 1 aromatic heterocycles. The summed E-state index contributed by atoms with van der Waals surface area (Å²) in [6.07, 6.45) is -1.36. The number of halogens is 4. The van der Waals surface area contributed by atoms with Gasteiger partial charge in [-0.25, -0.2) is 4.39 Å². The zero-order chi connectivity index (χ0) is 24.3. The lowest BCUT2D eigenvalue weighted by Crippen LogP contribution is -2.41. The highest BCUT2D eigenvalue weighted by Gasteiger charge is 2.38. The highest BCUT2D eigenvalue weighted by molar-refractivity contribution is 7.96. The first kappa shape index (κ1) is 24.2. The van der Waals surface area contributed by atoms with Crippen molar-refractivity contribution in [1.82, 2.24) is 14.5 Å². The van der Waals surface area contributed by atoms with E-state index in [1.54, 1.807) is 41.1 Å². The number of nitrogens with zero attached hydrogens (tertiary/aromatic N) is 4. The van der Waals surface area contributed by atoms with Gasteiger partial charge in [-0.15, -0.1) is 10.2 Å². The van der Waals surface area contributed by atoms with Crippen LogP contribution in [0.25, 0.3) is 11.5 Å². The van der Waals surface area contributed by atoms with Crippen LogP contribution in [0.1, 0.15) is 24.3 Å². The zero-order valence-electron chi connectivity index (χ0n) is 18.3. The van der Waals surface area contributed by atoms with Gasteiger partial charge in [-0.2, -0.15) is 13.2 Å². The summed E-state index contributed by atoms with van der Waals surface area (Å²) in [7, 11) is 0. The standard InChI is InChI=1S/C23H22F4N4O2S/c1-34-30-11-9-15(10-12-30)21(32)31(18-5-3-2-4-6-18)14-17-8-7-16(13-19(17)24)20-28-29-22(33-20)23(25,26)27/h2-8,13,15H,9-12,14H2,1H3. The minimum Gasteiger partial charge on any atom is -0.413 e. The molecule has 2 heterocycles. The minimum atomic E-state index is -4.79. The maximum absolute atomic E-state index is 15.0. The SMILES string of the molecule is CSN1CCC(C(=O)N(Cc2ccc(-c3nnc(C(F)(F)F)o3)cc2F)c2ccccc2)CC1. The second-order valence-corrected chi connectivity index (χ2v) is 8.74. The minimum absolute atomic E-state index is 0.0185. The summed E-state index contributed by atoms with van der Waals surface area (Å²) in [6.45, 7) is 1.58. The molecule has 0 N–H and O–H groups in total. The number of anilines is 1. The summed E-state index contributed by atoms with van der Waals surface area (Å²) in [5, 5.41) is 6.33. The van der Waals surface area contributed by atoms with Gasteiger partial charge in [0.1, 0.15) is 5.82 Å². The van der Waals surface area contributed by atoms with Crippen LogP contribution in [-0.2, 0) is 17.5 Å². The molecule has 6 nitrogen and oxygen atoms in total. The van der Waals surface area contributed by atoms with Gasteiger partial charge in [-0.3, -0.25) is 9.10 Å². The van der Waals surface area contributed by atoms with Crippen molar-refractivity contribution in [3.8, 4) is 11.5 Å². The van der Waals surface area contributed by atoms with Gasteiger partial charge < -0.3 is 9.32 Å². The monoisotopic (exact) mass is 494 g/mol. The summed E-state index contributed by atoms with van der Waals surface area (Å²) in [6, 6.07) is 12.9. The first-order valence-electron chi connectivity index (χ1n) is 10.6. The van der Waals surface area contributed by atoms with Crippen LogP contribution < -0.4 is 4.90 Å². The number of amides is 1. The number of rotatable bonds is 6. The molecule has 0 atom stereocenters. The molecule has 1 aliphatic heterocycles. The Morgan fingerprint density at radius 3 is 2.44 bits per heavy atom. The molecule has 0 radical (unpaired) electrons.